The first-order valence-electron chi connectivity index (χ1n) is 6.45. The van der Waals surface area contributed by atoms with E-state index >= 15 is 0 Å². The van der Waals surface area contributed by atoms with Crippen LogP contribution in [0.5, 0.6) is 0 Å². The van der Waals surface area contributed by atoms with E-state index in [1.54, 1.807) is 0 Å². The topological polar surface area (TPSA) is 50.9 Å². The lowest BCUT2D eigenvalue weighted by Crippen LogP contribution is -2.47. The number of halogens is 3. The van der Waals surface area contributed by atoms with Crippen LogP contribution in [-0.4, -0.2) is 17.1 Å². The van der Waals surface area contributed by atoms with Crippen molar-refractivity contribution in [2.75, 3.05) is 11.9 Å². The van der Waals surface area contributed by atoms with Gasteiger partial charge in [-0.25, -0.2) is 4.98 Å². The SMILES string of the molecule is NC1(CNc2ccc(C(F)(F)F)nc2)CCCCC1. The van der Waals surface area contributed by atoms with Gasteiger partial charge in [-0.2, -0.15) is 13.2 Å². The van der Waals surface area contributed by atoms with Crippen LogP contribution in [-0.2, 0) is 6.18 Å². The minimum atomic E-state index is -4.39. The molecule has 1 aliphatic rings. The van der Waals surface area contributed by atoms with E-state index in [4.69, 9.17) is 5.73 Å². The number of anilines is 1. The zero-order valence-corrected chi connectivity index (χ0v) is 10.6. The molecule has 0 aromatic carbocycles. The molecule has 0 aliphatic heterocycles. The Morgan fingerprint density at radius 3 is 2.42 bits per heavy atom. The molecule has 0 amide bonds. The molecule has 1 heterocycles. The summed E-state index contributed by atoms with van der Waals surface area (Å²) < 4.78 is 37.1. The van der Waals surface area contributed by atoms with E-state index in [1.165, 1.54) is 18.7 Å². The van der Waals surface area contributed by atoms with Gasteiger partial charge in [0.2, 0.25) is 0 Å². The highest BCUT2D eigenvalue weighted by Crippen LogP contribution is 2.29. The van der Waals surface area contributed by atoms with Crippen molar-refractivity contribution in [3.8, 4) is 0 Å². The Labute approximate surface area is 110 Å². The van der Waals surface area contributed by atoms with Gasteiger partial charge in [-0.15, -0.1) is 0 Å². The van der Waals surface area contributed by atoms with Crippen molar-refractivity contribution in [1.29, 1.82) is 0 Å². The first-order valence-corrected chi connectivity index (χ1v) is 6.45. The summed E-state index contributed by atoms with van der Waals surface area (Å²) in [5.41, 5.74) is 5.69. The normalized spacial score (nSPS) is 19.2. The van der Waals surface area contributed by atoms with Crippen LogP contribution in [0, 0.1) is 0 Å². The van der Waals surface area contributed by atoms with Crippen LogP contribution in [0.15, 0.2) is 18.3 Å². The quantitative estimate of drug-likeness (QED) is 0.889. The maximum Gasteiger partial charge on any atom is 0.433 e. The molecule has 1 saturated carbocycles. The lowest BCUT2D eigenvalue weighted by Gasteiger charge is -2.33. The Balaban J connectivity index is 1.93. The molecule has 3 N–H and O–H groups in total. The molecule has 0 bridgehead atoms. The molecule has 19 heavy (non-hydrogen) atoms. The summed E-state index contributed by atoms with van der Waals surface area (Å²) >= 11 is 0. The maximum atomic E-state index is 12.4. The van der Waals surface area contributed by atoms with E-state index in [0.29, 0.717) is 12.2 Å². The van der Waals surface area contributed by atoms with Gasteiger partial charge in [0.1, 0.15) is 5.69 Å². The van der Waals surface area contributed by atoms with Crippen molar-refractivity contribution >= 4 is 5.69 Å². The Bertz CT molecular complexity index is 408. The number of aromatic nitrogens is 1. The number of nitrogens with two attached hydrogens (primary N) is 1. The van der Waals surface area contributed by atoms with Gasteiger partial charge in [0.15, 0.2) is 0 Å². The molecule has 1 aromatic rings. The van der Waals surface area contributed by atoms with Gasteiger partial charge >= 0.3 is 6.18 Å². The molecule has 1 fully saturated rings. The van der Waals surface area contributed by atoms with Gasteiger partial charge in [0, 0.05) is 12.1 Å². The van der Waals surface area contributed by atoms with Crippen LogP contribution in [0.4, 0.5) is 18.9 Å². The highest BCUT2D eigenvalue weighted by molar-refractivity contribution is 5.41. The molecule has 0 saturated heterocycles. The van der Waals surface area contributed by atoms with Gasteiger partial charge in [-0.05, 0) is 25.0 Å². The van der Waals surface area contributed by atoms with Crippen molar-refractivity contribution < 1.29 is 13.2 Å². The standard InChI is InChI=1S/C13H18F3N3/c14-13(15,16)11-5-4-10(8-18-11)19-9-12(17)6-2-1-3-7-12/h4-5,8,19H,1-3,6-7,9,17H2. The third kappa shape index (κ3) is 3.83. The van der Waals surface area contributed by atoms with Gasteiger partial charge in [0.25, 0.3) is 0 Å². The first kappa shape index (κ1) is 14.1. The number of rotatable bonds is 3. The van der Waals surface area contributed by atoms with E-state index < -0.39 is 11.9 Å². The monoisotopic (exact) mass is 273 g/mol. The van der Waals surface area contributed by atoms with Gasteiger partial charge in [0.05, 0.1) is 11.9 Å². The molecule has 0 unspecified atom stereocenters. The van der Waals surface area contributed by atoms with Crippen LogP contribution in [0.25, 0.3) is 0 Å². The van der Waals surface area contributed by atoms with Crippen LogP contribution in [0.2, 0.25) is 0 Å². The lowest BCUT2D eigenvalue weighted by atomic mass is 9.82. The highest BCUT2D eigenvalue weighted by atomic mass is 19.4. The molecular weight excluding hydrogens is 255 g/mol. The summed E-state index contributed by atoms with van der Waals surface area (Å²) in [5.74, 6) is 0. The van der Waals surface area contributed by atoms with Crippen LogP contribution in [0.3, 0.4) is 0 Å². The van der Waals surface area contributed by atoms with E-state index in [1.807, 2.05) is 0 Å². The average Bonchev–Trinajstić information content (AvgIpc) is 2.37. The molecule has 3 nitrogen and oxygen atoms in total. The summed E-state index contributed by atoms with van der Waals surface area (Å²) in [4.78, 5) is 3.41. The number of hydrogen-bond donors (Lipinski definition) is 2. The minimum Gasteiger partial charge on any atom is -0.382 e. The second-order valence-corrected chi connectivity index (χ2v) is 5.21. The fraction of sp³-hybridized carbons (Fsp3) is 0.615. The van der Waals surface area contributed by atoms with Crippen LogP contribution in [0.1, 0.15) is 37.8 Å². The van der Waals surface area contributed by atoms with Crippen molar-refractivity contribution in [3.63, 3.8) is 0 Å². The lowest BCUT2D eigenvalue weighted by molar-refractivity contribution is -0.141. The van der Waals surface area contributed by atoms with Crippen molar-refractivity contribution in [3.05, 3.63) is 24.0 Å². The Morgan fingerprint density at radius 1 is 1.21 bits per heavy atom. The van der Waals surface area contributed by atoms with Crippen LogP contribution < -0.4 is 11.1 Å². The van der Waals surface area contributed by atoms with Crippen LogP contribution >= 0.6 is 0 Å². The smallest absolute Gasteiger partial charge is 0.382 e. The Kier molecular flexibility index (Phi) is 3.99. The van der Waals surface area contributed by atoms with Gasteiger partial charge < -0.3 is 11.1 Å². The number of pyridine rings is 1. The first-order chi connectivity index (χ1) is 8.89. The highest BCUT2D eigenvalue weighted by Gasteiger charge is 2.32. The number of hydrogen-bond acceptors (Lipinski definition) is 3. The second-order valence-electron chi connectivity index (χ2n) is 5.21. The number of alkyl halides is 3. The van der Waals surface area contributed by atoms with E-state index in [9.17, 15) is 13.2 Å². The molecule has 1 aromatic heterocycles. The minimum absolute atomic E-state index is 0.249. The molecule has 106 valence electrons. The van der Waals surface area contributed by atoms with E-state index in [2.05, 4.69) is 10.3 Å². The summed E-state index contributed by atoms with van der Waals surface area (Å²) in [5, 5.41) is 3.08. The van der Waals surface area contributed by atoms with E-state index in [0.717, 1.165) is 31.7 Å². The number of nitrogens with one attached hydrogen (secondary N) is 1. The molecular formula is C13H18F3N3. The zero-order chi connectivity index (χ0) is 13.9. The predicted molar refractivity (Wildman–Crippen MR) is 67.7 cm³/mol. The molecule has 0 radical (unpaired) electrons. The van der Waals surface area contributed by atoms with E-state index in [-0.39, 0.29) is 5.54 Å². The van der Waals surface area contributed by atoms with Crippen molar-refractivity contribution in [2.45, 2.75) is 43.8 Å². The second kappa shape index (κ2) is 5.36. The van der Waals surface area contributed by atoms with Gasteiger partial charge in [-0.1, -0.05) is 19.3 Å². The average molecular weight is 273 g/mol. The summed E-state index contributed by atoms with van der Waals surface area (Å²) in [6.45, 7) is 0.569. The molecule has 0 spiro atoms. The zero-order valence-electron chi connectivity index (χ0n) is 10.6. The molecule has 2 rings (SSSR count). The largest absolute Gasteiger partial charge is 0.433 e. The molecule has 0 atom stereocenters. The third-order valence-corrected chi connectivity index (χ3v) is 3.55. The summed E-state index contributed by atoms with van der Waals surface area (Å²) in [6, 6.07) is 2.37. The third-order valence-electron chi connectivity index (χ3n) is 3.55. The maximum absolute atomic E-state index is 12.4. The Hall–Kier alpha value is -1.30. The fourth-order valence-electron chi connectivity index (χ4n) is 2.38. The van der Waals surface area contributed by atoms with Crippen molar-refractivity contribution in [2.24, 2.45) is 5.73 Å². The number of nitrogens with zero attached hydrogens (tertiary/aromatic N) is 1. The summed E-state index contributed by atoms with van der Waals surface area (Å²) in [6.07, 6.45) is 2.15. The molecule has 6 heteroatoms. The predicted octanol–water partition coefficient (Wildman–Crippen LogP) is 3.17. The fourth-order valence-corrected chi connectivity index (χ4v) is 2.38. The van der Waals surface area contributed by atoms with Gasteiger partial charge in [-0.3, -0.25) is 0 Å². The Morgan fingerprint density at radius 2 is 1.89 bits per heavy atom. The van der Waals surface area contributed by atoms with Crippen molar-refractivity contribution in [1.82, 2.24) is 4.98 Å². The molecule has 1 aliphatic carbocycles. The summed E-state index contributed by atoms with van der Waals surface area (Å²) in [7, 11) is 0.